The number of benzene rings is 1. The first kappa shape index (κ1) is 14.5. The summed E-state index contributed by atoms with van der Waals surface area (Å²) in [6.07, 6.45) is 4.69. The summed E-state index contributed by atoms with van der Waals surface area (Å²) in [7, 11) is 0. The quantitative estimate of drug-likeness (QED) is 0.860. The van der Waals surface area contributed by atoms with E-state index < -0.39 is 0 Å². The van der Waals surface area contributed by atoms with Gasteiger partial charge in [-0.05, 0) is 40.5 Å². The predicted octanol–water partition coefficient (Wildman–Crippen LogP) is 2.68. The van der Waals surface area contributed by atoms with Crippen molar-refractivity contribution in [2.75, 3.05) is 0 Å². The summed E-state index contributed by atoms with van der Waals surface area (Å²) in [5.74, 6) is 0.298. The highest BCUT2D eigenvalue weighted by molar-refractivity contribution is 7.98. The highest BCUT2D eigenvalue weighted by atomic mass is 32.2. The Morgan fingerprint density at radius 2 is 2.14 bits per heavy atom. The van der Waals surface area contributed by atoms with Crippen LogP contribution in [0.2, 0.25) is 0 Å². The Balaban J connectivity index is 1.72. The molecule has 0 radical (unpaired) electrons. The van der Waals surface area contributed by atoms with Crippen LogP contribution in [0.4, 0.5) is 4.39 Å². The van der Waals surface area contributed by atoms with Gasteiger partial charge in [-0.25, -0.2) is 9.07 Å². The number of tetrazole rings is 1. The third-order valence-corrected chi connectivity index (χ3v) is 4.82. The molecule has 1 saturated carbocycles. The van der Waals surface area contributed by atoms with Gasteiger partial charge in [0, 0.05) is 12.3 Å². The smallest absolute Gasteiger partial charge is 0.209 e. The lowest BCUT2D eigenvalue weighted by molar-refractivity contribution is 0.423. The molecule has 2 N–H and O–H groups in total. The summed E-state index contributed by atoms with van der Waals surface area (Å²) in [6.45, 7) is 0.414. The molecule has 1 aromatic heterocycles. The van der Waals surface area contributed by atoms with Gasteiger partial charge in [0.15, 0.2) is 0 Å². The normalized spacial score (nSPS) is 15.7. The van der Waals surface area contributed by atoms with Crippen LogP contribution in [0.15, 0.2) is 23.4 Å². The number of aromatic nitrogens is 4. The van der Waals surface area contributed by atoms with Gasteiger partial charge in [0.2, 0.25) is 5.16 Å². The molecule has 0 spiro atoms. The molecule has 0 bridgehead atoms. The number of rotatable bonds is 5. The van der Waals surface area contributed by atoms with Gasteiger partial charge in [-0.3, -0.25) is 0 Å². The number of hydrogen-bond acceptors (Lipinski definition) is 5. The van der Waals surface area contributed by atoms with E-state index in [-0.39, 0.29) is 5.82 Å². The zero-order chi connectivity index (χ0) is 14.7. The van der Waals surface area contributed by atoms with Crippen molar-refractivity contribution in [1.29, 1.82) is 0 Å². The zero-order valence-electron chi connectivity index (χ0n) is 11.7. The Kier molecular flexibility index (Phi) is 4.50. The molecule has 112 valence electrons. The van der Waals surface area contributed by atoms with Crippen molar-refractivity contribution in [3.8, 4) is 0 Å². The average Bonchev–Trinajstić information content (AvgIpc) is 3.17. The lowest BCUT2D eigenvalue weighted by Gasteiger charge is -2.11. The third-order valence-electron chi connectivity index (χ3n) is 3.84. The van der Waals surface area contributed by atoms with E-state index in [2.05, 4.69) is 15.5 Å². The largest absolute Gasteiger partial charge is 0.326 e. The Hall–Kier alpha value is -1.47. The molecular formula is C14H18FN5S. The van der Waals surface area contributed by atoms with E-state index >= 15 is 0 Å². The molecule has 1 aromatic carbocycles. The maximum absolute atomic E-state index is 13.8. The summed E-state index contributed by atoms with van der Waals surface area (Å²) in [4.78, 5) is 0. The number of nitrogens with two attached hydrogens (primary N) is 1. The standard InChI is InChI=1S/C14H18FN5S/c15-13-6-5-10(8-16)7-11(13)9-21-14-17-18-19-20(14)12-3-1-2-4-12/h5-7,12H,1-4,8-9,16H2. The van der Waals surface area contributed by atoms with Crippen LogP contribution in [0.1, 0.15) is 42.9 Å². The van der Waals surface area contributed by atoms with Crippen molar-refractivity contribution in [2.45, 2.75) is 49.2 Å². The van der Waals surface area contributed by atoms with E-state index in [9.17, 15) is 4.39 Å². The molecule has 1 aliphatic rings. The van der Waals surface area contributed by atoms with Crippen LogP contribution in [0.25, 0.3) is 0 Å². The first-order valence-corrected chi connectivity index (χ1v) is 8.14. The molecule has 0 unspecified atom stereocenters. The Morgan fingerprint density at radius 1 is 1.33 bits per heavy atom. The molecule has 7 heteroatoms. The fourth-order valence-corrected chi connectivity index (χ4v) is 3.58. The van der Waals surface area contributed by atoms with Crippen LogP contribution in [0.5, 0.6) is 0 Å². The Labute approximate surface area is 127 Å². The molecule has 3 rings (SSSR count). The van der Waals surface area contributed by atoms with Crippen molar-refractivity contribution < 1.29 is 4.39 Å². The first-order chi connectivity index (χ1) is 10.3. The topological polar surface area (TPSA) is 69.6 Å². The van der Waals surface area contributed by atoms with E-state index in [1.54, 1.807) is 6.07 Å². The molecule has 0 aliphatic heterocycles. The van der Waals surface area contributed by atoms with Crippen molar-refractivity contribution in [3.05, 3.63) is 35.1 Å². The minimum Gasteiger partial charge on any atom is -0.326 e. The molecule has 2 aromatic rings. The van der Waals surface area contributed by atoms with Gasteiger partial charge < -0.3 is 5.73 Å². The van der Waals surface area contributed by atoms with Gasteiger partial charge in [0.05, 0.1) is 6.04 Å². The molecule has 1 fully saturated rings. The minimum absolute atomic E-state index is 0.209. The maximum atomic E-state index is 13.8. The fraction of sp³-hybridized carbons (Fsp3) is 0.500. The van der Waals surface area contributed by atoms with Gasteiger partial charge in [-0.1, -0.05) is 36.7 Å². The van der Waals surface area contributed by atoms with Gasteiger partial charge in [0.1, 0.15) is 5.82 Å². The number of thioether (sulfide) groups is 1. The second-order valence-electron chi connectivity index (χ2n) is 5.26. The van der Waals surface area contributed by atoms with Crippen LogP contribution in [-0.4, -0.2) is 20.2 Å². The number of hydrogen-bond donors (Lipinski definition) is 1. The zero-order valence-corrected chi connectivity index (χ0v) is 12.5. The van der Waals surface area contributed by atoms with Crippen molar-refractivity contribution in [3.63, 3.8) is 0 Å². The highest BCUT2D eigenvalue weighted by Gasteiger charge is 2.21. The maximum Gasteiger partial charge on any atom is 0.209 e. The summed E-state index contributed by atoms with van der Waals surface area (Å²) in [6, 6.07) is 5.39. The highest BCUT2D eigenvalue weighted by Crippen LogP contribution is 2.32. The summed E-state index contributed by atoms with van der Waals surface area (Å²) in [5.41, 5.74) is 7.18. The predicted molar refractivity (Wildman–Crippen MR) is 79.2 cm³/mol. The average molecular weight is 307 g/mol. The van der Waals surface area contributed by atoms with Gasteiger partial charge in [0.25, 0.3) is 0 Å². The van der Waals surface area contributed by atoms with Gasteiger partial charge in [-0.2, -0.15) is 0 Å². The Morgan fingerprint density at radius 3 is 2.90 bits per heavy atom. The van der Waals surface area contributed by atoms with Crippen LogP contribution in [-0.2, 0) is 12.3 Å². The molecule has 1 heterocycles. The summed E-state index contributed by atoms with van der Waals surface area (Å²) in [5, 5.41) is 12.7. The molecule has 5 nitrogen and oxygen atoms in total. The number of nitrogens with zero attached hydrogens (tertiary/aromatic N) is 4. The molecule has 21 heavy (non-hydrogen) atoms. The lowest BCUT2D eigenvalue weighted by atomic mass is 10.1. The van der Waals surface area contributed by atoms with E-state index in [0.29, 0.717) is 23.9 Å². The van der Waals surface area contributed by atoms with Crippen molar-refractivity contribution in [1.82, 2.24) is 20.2 Å². The van der Waals surface area contributed by atoms with Gasteiger partial charge >= 0.3 is 0 Å². The molecule has 0 amide bonds. The molecule has 0 saturated heterocycles. The van der Waals surface area contributed by atoms with E-state index in [1.165, 1.54) is 30.7 Å². The monoisotopic (exact) mass is 307 g/mol. The second kappa shape index (κ2) is 6.53. The lowest BCUT2D eigenvalue weighted by Crippen LogP contribution is -2.08. The second-order valence-corrected chi connectivity index (χ2v) is 6.21. The van der Waals surface area contributed by atoms with Crippen LogP contribution in [0.3, 0.4) is 0 Å². The fourth-order valence-electron chi connectivity index (χ4n) is 2.67. The van der Waals surface area contributed by atoms with Crippen LogP contribution in [0, 0.1) is 5.82 Å². The number of halogens is 1. The van der Waals surface area contributed by atoms with E-state index in [0.717, 1.165) is 23.6 Å². The van der Waals surface area contributed by atoms with Gasteiger partial charge in [-0.15, -0.1) is 5.10 Å². The minimum atomic E-state index is -0.209. The van der Waals surface area contributed by atoms with Crippen molar-refractivity contribution >= 4 is 11.8 Å². The third kappa shape index (κ3) is 3.24. The Bertz CT molecular complexity index is 609. The van der Waals surface area contributed by atoms with Crippen LogP contribution >= 0.6 is 11.8 Å². The molecule has 1 aliphatic carbocycles. The first-order valence-electron chi connectivity index (χ1n) is 7.16. The molecular weight excluding hydrogens is 289 g/mol. The van der Waals surface area contributed by atoms with Crippen LogP contribution < -0.4 is 5.73 Å². The van der Waals surface area contributed by atoms with E-state index in [1.807, 2.05) is 10.7 Å². The molecule has 0 atom stereocenters. The van der Waals surface area contributed by atoms with Crippen molar-refractivity contribution in [2.24, 2.45) is 5.73 Å². The summed E-state index contributed by atoms with van der Waals surface area (Å²) < 4.78 is 15.7. The summed E-state index contributed by atoms with van der Waals surface area (Å²) >= 11 is 1.47. The SMILES string of the molecule is NCc1ccc(F)c(CSc2nnnn2C2CCCC2)c1. The van der Waals surface area contributed by atoms with E-state index in [4.69, 9.17) is 5.73 Å².